The third-order valence-corrected chi connectivity index (χ3v) is 6.83. The molecule has 2 aliphatic rings. The van der Waals surface area contributed by atoms with Gasteiger partial charge in [0.2, 0.25) is 11.8 Å². The summed E-state index contributed by atoms with van der Waals surface area (Å²) >= 11 is 9.75. The zero-order chi connectivity index (χ0) is 21.6. The molecule has 0 radical (unpaired) electrons. The lowest BCUT2D eigenvalue weighted by molar-refractivity contribution is -0.144. The summed E-state index contributed by atoms with van der Waals surface area (Å²) < 4.78 is 0.851. The number of hydrogen-bond acceptors (Lipinski definition) is 3. The number of nitrogens with one attached hydrogen (secondary N) is 1. The number of rotatable bonds is 4. The minimum absolute atomic E-state index is 0.119. The smallest absolute Gasteiger partial charge is 0.238 e. The van der Waals surface area contributed by atoms with Crippen LogP contribution in [0, 0.1) is 0 Å². The minimum Gasteiger partial charge on any atom is -0.395 e. The van der Waals surface area contributed by atoms with E-state index in [2.05, 4.69) is 27.8 Å². The highest BCUT2D eigenvalue weighted by Gasteiger charge is 2.63. The third-order valence-electron chi connectivity index (χ3n) is 6.10. The van der Waals surface area contributed by atoms with Crippen LogP contribution in [0.1, 0.15) is 30.4 Å². The van der Waals surface area contributed by atoms with E-state index in [4.69, 9.17) is 11.6 Å². The number of piperidine rings is 1. The normalized spacial score (nSPS) is 25.4. The fourth-order valence-electron chi connectivity index (χ4n) is 5.10. The molecule has 30 heavy (non-hydrogen) atoms. The molecule has 2 amide bonds. The molecule has 5 nitrogen and oxygen atoms in total. The number of fused-ring (bicyclic) bond motifs is 2. The molecule has 0 unspecified atom stereocenters. The number of amides is 2. The summed E-state index contributed by atoms with van der Waals surface area (Å²) in [5.74, 6) is -0.724. The molecule has 2 heterocycles. The topological polar surface area (TPSA) is 69.6 Å². The van der Waals surface area contributed by atoms with Gasteiger partial charge in [-0.1, -0.05) is 57.9 Å². The van der Waals surface area contributed by atoms with Gasteiger partial charge in [-0.3, -0.25) is 9.59 Å². The van der Waals surface area contributed by atoms with Crippen LogP contribution in [0.25, 0.3) is 0 Å². The van der Waals surface area contributed by atoms with Crippen molar-refractivity contribution in [2.45, 2.75) is 30.7 Å². The predicted molar refractivity (Wildman–Crippen MR) is 121 cm³/mol. The average molecular weight is 490 g/mol. The van der Waals surface area contributed by atoms with E-state index in [9.17, 15) is 14.7 Å². The quantitative estimate of drug-likeness (QED) is 0.631. The van der Waals surface area contributed by atoms with Gasteiger partial charge in [0.1, 0.15) is 5.41 Å². The van der Waals surface area contributed by atoms with Gasteiger partial charge in [0, 0.05) is 34.1 Å². The zero-order valence-corrected chi connectivity index (χ0v) is 18.8. The maximum Gasteiger partial charge on any atom is 0.238 e. The second-order valence-corrected chi connectivity index (χ2v) is 9.24. The second-order valence-electron chi connectivity index (χ2n) is 7.88. The standard InChI is InChI=1S/C23H22BrClN2O3/c1-13(2)21-23(17-7-6-15(24)11-19(17)26-22(23)30)18(12-20(29)27(21)8-9-28)14-4-3-5-16(25)10-14/h3-7,10-11,18,21,28H,1,8-9,12H2,2H3,(H,26,30)/t18-,21+,23-/m1/s1. The number of nitrogens with zero attached hydrogens (tertiary/aromatic N) is 1. The second kappa shape index (κ2) is 7.84. The number of benzene rings is 2. The van der Waals surface area contributed by atoms with Crippen LogP contribution in [-0.4, -0.2) is 41.0 Å². The fourth-order valence-corrected chi connectivity index (χ4v) is 5.66. The van der Waals surface area contributed by atoms with E-state index in [1.165, 1.54) is 0 Å². The molecule has 0 aliphatic carbocycles. The molecular weight excluding hydrogens is 468 g/mol. The lowest BCUT2D eigenvalue weighted by atomic mass is 9.58. The maximum absolute atomic E-state index is 13.8. The zero-order valence-electron chi connectivity index (χ0n) is 16.5. The van der Waals surface area contributed by atoms with Crippen molar-refractivity contribution in [3.63, 3.8) is 0 Å². The van der Waals surface area contributed by atoms with Crippen molar-refractivity contribution in [1.29, 1.82) is 0 Å². The Morgan fingerprint density at radius 1 is 1.33 bits per heavy atom. The monoisotopic (exact) mass is 488 g/mol. The summed E-state index contributed by atoms with van der Waals surface area (Å²) in [6.07, 6.45) is 0.132. The van der Waals surface area contributed by atoms with Gasteiger partial charge in [-0.15, -0.1) is 0 Å². The molecule has 2 aliphatic heterocycles. The summed E-state index contributed by atoms with van der Waals surface area (Å²) in [4.78, 5) is 28.5. The van der Waals surface area contributed by atoms with Crippen LogP contribution < -0.4 is 5.32 Å². The molecule has 0 bridgehead atoms. The number of carbonyl (C=O) groups is 2. The van der Waals surface area contributed by atoms with Crippen molar-refractivity contribution in [1.82, 2.24) is 4.90 Å². The predicted octanol–water partition coefficient (Wildman–Crippen LogP) is 4.25. The highest BCUT2D eigenvalue weighted by atomic mass is 79.9. The van der Waals surface area contributed by atoms with Gasteiger partial charge >= 0.3 is 0 Å². The molecule has 2 N–H and O–H groups in total. The number of aliphatic hydroxyl groups excluding tert-OH is 1. The van der Waals surface area contributed by atoms with Crippen LogP contribution in [0.5, 0.6) is 0 Å². The lowest BCUT2D eigenvalue weighted by Gasteiger charge is -2.51. The molecule has 2 aromatic carbocycles. The van der Waals surface area contributed by atoms with Crippen LogP contribution >= 0.6 is 27.5 Å². The highest BCUT2D eigenvalue weighted by Crippen LogP contribution is 2.56. The number of aliphatic hydroxyl groups is 1. The number of β-amino-alcohol motifs (C(OH)–C–C–N with tert-alkyl or cyclic N) is 1. The molecule has 4 rings (SSSR count). The fraction of sp³-hybridized carbons (Fsp3) is 0.304. The van der Waals surface area contributed by atoms with Crippen LogP contribution in [-0.2, 0) is 15.0 Å². The van der Waals surface area contributed by atoms with Crippen molar-refractivity contribution < 1.29 is 14.7 Å². The molecule has 1 fully saturated rings. The third kappa shape index (κ3) is 3.09. The van der Waals surface area contributed by atoms with Gasteiger partial charge in [0.25, 0.3) is 0 Å². The first-order valence-electron chi connectivity index (χ1n) is 9.73. The van der Waals surface area contributed by atoms with Gasteiger partial charge < -0.3 is 15.3 Å². The van der Waals surface area contributed by atoms with Crippen molar-refractivity contribution in [2.75, 3.05) is 18.5 Å². The van der Waals surface area contributed by atoms with Gasteiger partial charge in [0.15, 0.2) is 0 Å². The van der Waals surface area contributed by atoms with E-state index in [1.54, 1.807) is 11.0 Å². The first kappa shape index (κ1) is 21.1. The summed E-state index contributed by atoms with van der Waals surface area (Å²) in [7, 11) is 0. The van der Waals surface area contributed by atoms with Gasteiger partial charge in [-0.2, -0.15) is 0 Å². The van der Waals surface area contributed by atoms with Crippen LogP contribution in [0.4, 0.5) is 5.69 Å². The van der Waals surface area contributed by atoms with Crippen molar-refractivity contribution in [2.24, 2.45) is 0 Å². The number of carbonyl (C=O) groups excluding carboxylic acids is 2. The molecule has 0 saturated carbocycles. The summed E-state index contributed by atoms with van der Waals surface area (Å²) in [5.41, 5.74) is 1.98. The van der Waals surface area contributed by atoms with Gasteiger partial charge in [-0.05, 0) is 42.3 Å². The maximum atomic E-state index is 13.8. The van der Waals surface area contributed by atoms with Gasteiger partial charge in [-0.25, -0.2) is 0 Å². The van der Waals surface area contributed by atoms with Gasteiger partial charge in [0.05, 0.1) is 12.6 Å². The van der Waals surface area contributed by atoms with Crippen molar-refractivity contribution in [3.05, 3.63) is 75.2 Å². The molecule has 2 aromatic rings. The van der Waals surface area contributed by atoms with Crippen LogP contribution in [0.15, 0.2) is 59.1 Å². The number of halogens is 2. The molecule has 0 aromatic heterocycles. The van der Waals surface area contributed by atoms with Crippen LogP contribution in [0.2, 0.25) is 5.02 Å². The summed E-state index contributed by atoms with van der Waals surface area (Å²) in [6, 6.07) is 12.4. The minimum atomic E-state index is -1.07. The molecule has 3 atom stereocenters. The Bertz CT molecular complexity index is 1060. The molecular formula is C23H22BrClN2O3. The average Bonchev–Trinajstić information content (AvgIpc) is 2.96. The molecule has 7 heteroatoms. The Labute approximate surface area is 188 Å². The first-order chi connectivity index (χ1) is 14.3. The summed E-state index contributed by atoms with van der Waals surface area (Å²) in [6.45, 7) is 5.92. The van der Waals surface area contributed by atoms with Crippen LogP contribution in [0.3, 0.4) is 0 Å². The van der Waals surface area contributed by atoms with E-state index in [0.717, 1.165) is 15.6 Å². The molecule has 1 saturated heterocycles. The largest absolute Gasteiger partial charge is 0.395 e. The number of hydrogen-bond donors (Lipinski definition) is 2. The van der Waals surface area contributed by atoms with E-state index in [0.29, 0.717) is 16.3 Å². The van der Waals surface area contributed by atoms with E-state index in [1.807, 2.05) is 43.3 Å². The van der Waals surface area contributed by atoms with Crippen molar-refractivity contribution >= 4 is 45.0 Å². The number of likely N-dealkylation sites (tertiary alicyclic amines) is 1. The molecule has 156 valence electrons. The van der Waals surface area contributed by atoms with E-state index < -0.39 is 17.4 Å². The Morgan fingerprint density at radius 2 is 2.10 bits per heavy atom. The Morgan fingerprint density at radius 3 is 2.77 bits per heavy atom. The highest BCUT2D eigenvalue weighted by molar-refractivity contribution is 9.10. The number of anilines is 1. The van der Waals surface area contributed by atoms with E-state index >= 15 is 0 Å². The van der Waals surface area contributed by atoms with E-state index in [-0.39, 0.29) is 31.4 Å². The SMILES string of the molecule is C=C(C)[C@@H]1N(CCO)C(=O)C[C@H](c2cccc(Cl)c2)[C@@]12C(=O)Nc1cc(Br)ccc12. The first-order valence-corrected chi connectivity index (χ1v) is 10.9. The Balaban J connectivity index is 2.03. The summed E-state index contributed by atoms with van der Waals surface area (Å²) in [5, 5.41) is 13.2. The van der Waals surface area contributed by atoms with Crippen molar-refractivity contribution in [3.8, 4) is 0 Å². The molecule has 1 spiro atoms. The Kier molecular flexibility index (Phi) is 5.51. The Hall–Kier alpha value is -2.15. The lowest BCUT2D eigenvalue weighted by Crippen LogP contribution is -2.64.